The van der Waals surface area contributed by atoms with Crippen LogP contribution in [0.3, 0.4) is 0 Å². The number of ether oxygens (including phenoxy) is 1. The summed E-state index contributed by atoms with van der Waals surface area (Å²) in [5.74, 6) is -1.17. The highest BCUT2D eigenvalue weighted by molar-refractivity contribution is 7.14. The first kappa shape index (κ1) is 20.3. The van der Waals surface area contributed by atoms with Gasteiger partial charge in [0.15, 0.2) is 10.8 Å². The molecule has 0 saturated heterocycles. The molecular weight excluding hydrogens is 423 g/mol. The third kappa shape index (κ3) is 4.13. The SMILES string of the molecule is CCOC(=O)Cc1csc(NC(=O)c2cnn3c(C(F)(F)F)cc(C4CC4)nc23)n1. The number of aromatic nitrogens is 4. The molecule has 3 heterocycles. The molecule has 0 aromatic carbocycles. The van der Waals surface area contributed by atoms with Crippen LogP contribution in [0.4, 0.5) is 18.3 Å². The number of halogens is 3. The van der Waals surface area contributed by atoms with Gasteiger partial charge in [-0.1, -0.05) is 0 Å². The number of anilines is 1. The zero-order valence-corrected chi connectivity index (χ0v) is 16.5. The zero-order valence-electron chi connectivity index (χ0n) is 15.7. The summed E-state index contributed by atoms with van der Waals surface area (Å²) in [5, 5.41) is 8.05. The van der Waals surface area contributed by atoms with Gasteiger partial charge in [0.2, 0.25) is 0 Å². The first-order valence-corrected chi connectivity index (χ1v) is 10.0. The molecule has 0 unspecified atom stereocenters. The van der Waals surface area contributed by atoms with Gasteiger partial charge in [-0.05, 0) is 25.8 Å². The van der Waals surface area contributed by atoms with Crippen molar-refractivity contribution in [2.45, 2.75) is 38.3 Å². The van der Waals surface area contributed by atoms with Crippen molar-refractivity contribution in [1.82, 2.24) is 19.6 Å². The van der Waals surface area contributed by atoms with Crippen LogP contribution >= 0.6 is 11.3 Å². The molecule has 12 heteroatoms. The van der Waals surface area contributed by atoms with E-state index in [0.717, 1.165) is 36.4 Å². The van der Waals surface area contributed by atoms with Gasteiger partial charge < -0.3 is 4.74 Å². The Labute approximate surface area is 172 Å². The minimum Gasteiger partial charge on any atom is -0.466 e. The smallest absolute Gasteiger partial charge is 0.433 e. The van der Waals surface area contributed by atoms with Crippen molar-refractivity contribution >= 4 is 34.0 Å². The minimum atomic E-state index is -4.64. The van der Waals surface area contributed by atoms with Gasteiger partial charge in [-0.2, -0.15) is 18.3 Å². The molecule has 1 aliphatic rings. The van der Waals surface area contributed by atoms with E-state index in [1.807, 2.05) is 0 Å². The molecule has 0 spiro atoms. The maximum Gasteiger partial charge on any atom is 0.433 e. The van der Waals surface area contributed by atoms with E-state index in [0.29, 0.717) is 15.9 Å². The van der Waals surface area contributed by atoms with Crippen molar-refractivity contribution < 1.29 is 27.5 Å². The Morgan fingerprint density at radius 3 is 2.77 bits per heavy atom. The predicted octanol–water partition coefficient (Wildman–Crippen LogP) is 3.44. The van der Waals surface area contributed by atoms with Gasteiger partial charge in [-0.25, -0.2) is 14.5 Å². The van der Waals surface area contributed by atoms with E-state index in [4.69, 9.17) is 4.74 Å². The normalized spacial score (nSPS) is 14.1. The molecule has 1 amide bonds. The Morgan fingerprint density at radius 2 is 2.10 bits per heavy atom. The first-order chi connectivity index (χ1) is 14.3. The number of hydrogen-bond acceptors (Lipinski definition) is 7. The highest BCUT2D eigenvalue weighted by Gasteiger charge is 2.38. The standard InChI is InChI=1S/C18H16F3N5O3S/c1-2-29-14(27)5-10-8-30-17(23-10)25-16(28)11-7-22-26-13(18(19,20)21)6-12(9-3-4-9)24-15(11)26/h6-9H,2-5H2,1H3,(H,23,25,28). The summed E-state index contributed by atoms with van der Waals surface area (Å²) in [6, 6.07) is 0.988. The Bertz CT molecular complexity index is 1120. The molecule has 1 fully saturated rings. The molecule has 0 bridgehead atoms. The van der Waals surface area contributed by atoms with Crippen molar-refractivity contribution in [2.75, 3.05) is 11.9 Å². The lowest BCUT2D eigenvalue weighted by Crippen LogP contribution is -2.16. The number of nitrogens with one attached hydrogen (secondary N) is 1. The summed E-state index contributed by atoms with van der Waals surface area (Å²) in [4.78, 5) is 32.6. The molecule has 1 aliphatic carbocycles. The largest absolute Gasteiger partial charge is 0.466 e. The van der Waals surface area contributed by atoms with Crippen LogP contribution in [-0.4, -0.2) is 38.1 Å². The second kappa shape index (κ2) is 7.67. The van der Waals surface area contributed by atoms with E-state index in [1.54, 1.807) is 12.3 Å². The molecule has 30 heavy (non-hydrogen) atoms. The lowest BCUT2D eigenvalue weighted by Gasteiger charge is -2.11. The van der Waals surface area contributed by atoms with E-state index in [-0.39, 0.29) is 35.3 Å². The van der Waals surface area contributed by atoms with Crippen LogP contribution in [0.25, 0.3) is 5.65 Å². The van der Waals surface area contributed by atoms with Crippen molar-refractivity contribution in [1.29, 1.82) is 0 Å². The molecule has 4 rings (SSSR count). The third-order valence-electron chi connectivity index (χ3n) is 4.43. The summed E-state index contributed by atoms with van der Waals surface area (Å²) in [6.45, 7) is 1.94. The number of carbonyl (C=O) groups is 2. The third-order valence-corrected chi connectivity index (χ3v) is 5.23. The van der Waals surface area contributed by atoms with Crippen molar-refractivity contribution in [3.8, 4) is 0 Å². The van der Waals surface area contributed by atoms with Crippen molar-refractivity contribution in [3.05, 3.63) is 40.3 Å². The summed E-state index contributed by atoms with van der Waals surface area (Å²) in [6.07, 6.45) is -2.10. The molecule has 0 atom stereocenters. The monoisotopic (exact) mass is 439 g/mol. The van der Waals surface area contributed by atoms with Gasteiger partial charge in [0.05, 0.1) is 24.9 Å². The molecule has 3 aromatic heterocycles. The van der Waals surface area contributed by atoms with Crippen LogP contribution in [0.5, 0.6) is 0 Å². The van der Waals surface area contributed by atoms with E-state index in [1.165, 1.54) is 0 Å². The minimum absolute atomic E-state index is 0.0358. The number of esters is 1. The number of rotatable bonds is 6. The van der Waals surface area contributed by atoms with E-state index in [9.17, 15) is 22.8 Å². The molecule has 1 N–H and O–H groups in total. The topological polar surface area (TPSA) is 98.5 Å². The molecule has 8 nitrogen and oxygen atoms in total. The van der Waals surface area contributed by atoms with Crippen molar-refractivity contribution in [2.24, 2.45) is 0 Å². The quantitative estimate of drug-likeness (QED) is 0.591. The number of nitrogens with zero attached hydrogens (tertiary/aromatic N) is 4. The lowest BCUT2D eigenvalue weighted by molar-refractivity contribution is -0.143. The van der Waals surface area contributed by atoms with Crippen LogP contribution in [0.2, 0.25) is 0 Å². The average molecular weight is 439 g/mol. The maximum atomic E-state index is 13.5. The first-order valence-electron chi connectivity index (χ1n) is 9.13. The molecule has 3 aromatic rings. The van der Waals surface area contributed by atoms with Gasteiger partial charge in [0.25, 0.3) is 5.91 Å². The van der Waals surface area contributed by atoms with Gasteiger partial charge in [0, 0.05) is 17.0 Å². The summed E-state index contributed by atoms with van der Waals surface area (Å²) < 4.78 is 45.9. The Balaban J connectivity index is 1.60. The number of hydrogen-bond donors (Lipinski definition) is 1. The van der Waals surface area contributed by atoms with Gasteiger partial charge in [-0.15, -0.1) is 11.3 Å². The molecule has 0 aliphatic heterocycles. The highest BCUT2D eigenvalue weighted by atomic mass is 32.1. The highest BCUT2D eigenvalue weighted by Crippen LogP contribution is 2.41. The predicted molar refractivity (Wildman–Crippen MR) is 100 cm³/mol. The van der Waals surface area contributed by atoms with Crippen LogP contribution in [0, 0.1) is 0 Å². The van der Waals surface area contributed by atoms with Crippen LogP contribution in [0.15, 0.2) is 17.6 Å². The summed E-state index contributed by atoms with van der Waals surface area (Å²) in [7, 11) is 0. The number of fused-ring (bicyclic) bond motifs is 1. The van der Waals surface area contributed by atoms with Crippen LogP contribution in [-0.2, 0) is 22.1 Å². The van der Waals surface area contributed by atoms with Crippen LogP contribution in [0.1, 0.15) is 53.1 Å². The fraction of sp³-hybridized carbons (Fsp3) is 0.389. The fourth-order valence-electron chi connectivity index (χ4n) is 2.90. The van der Waals surface area contributed by atoms with E-state index >= 15 is 0 Å². The number of carbonyl (C=O) groups excluding carboxylic acids is 2. The zero-order chi connectivity index (χ0) is 21.5. The Morgan fingerprint density at radius 1 is 1.33 bits per heavy atom. The molecule has 158 valence electrons. The number of thiazole rings is 1. The lowest BCUT2D eigenvalue weighted by atomic mass is 10.2. The van der Waals surface area contributed by atoms with Crippen molar-refractivity contribution in [3.63, 3.8) is 0 Å². The Kier molecular flexibility index (Phi) is 5.18. The number of alkyl halides is 3. The summed E-state index contributed by atoms with van der Waals surface area (Å²) in [5.41, 5.74) is -0.505. The van der Waals surface area contributed by atoms with Gasteiger partial charge in [0.1, 0.15) is 11.3 Å². The maximum absolute atomic E-state index is 13.5. The fourth-order valence-corrected chi connectivity index (χ4v) is 3.61. The van der Waals surface area contributed by atoms with E-state index < -0.39 is 23.7 Å². The number of amides is 1. The van der Waals surface area contributed by atoms with E-state index in [2.05, 4.69) is 20.4 Å². The molecule has 1 saturated carbocycles. The summed E-state index contributed by atoms with van der Waals surface area (Å²) >= 11 is 1.09. The van der Waals surface area contributed by atoms with Gasteiger partial charge >= 0.3 is 12.1 Å². The van der Waals surface area contributed by atoms with Gasteiger partial charge in [-0.3, -0.25) is 14.9 Å². The van der Waals surface area contributed by atoms with Crippen LogP contribution < -0.4 is 5.32 Å². The Hall–Kier alpha value is -3.02. The second-order valence-electron chi connectivity index (χ2n) is 6.71. The molecule has 0 radical (unpaired) electrons. The molecular formula is C18H16F3N5O3S. The average Bonchev–Trinajstić information content (AvgIpc) is 3.29. The second-order valence-corrected chi connectivity index (χ2v) is 7.57.